The Morgan fingerprint density at radius 3 is 1.75 bits per heavy atom. The normalized spacial score (nSPS) is 16.2. The highest BCUT2D eigenvalue weighted by atomic mass is 16.5. The molecule has 2 heterocycles. The van der Waals surface area contributed by atoms with Crippen LogP contribution in [0, 0.1) is 0 Å². The largest absolute Gasteiger partial charge is 0.476 e. The molecule has 1 fully saturated rings. The van der Waals surface area contributed by atoms with Crippen molar-refractivity contribution in [1.82, 2.24) is 4.90 Å². The number of ether oxygens (including phenoxy) is 1. The van der Waals surface area contributed by atoms with Gasteiger partial charge in [-0.25, -0.2) is 4.99 Å². The first-order chi connectivity index (χ1) is 17.8. The Bertz CT molecular complexity index is 741. The van der Waals surface area contributed by atoms with E-state index in [2.05, 4.69) is 47.2 Å². The van der Waals surface area contributed by atoms with Crippen LogP contribution in [0.2, 0.25) is 0 Å². The molecule has 2 aliphatic rings. The van der Waals surface area contributed by atoms with Gasteiger partial charge in [-0.1, -0.05) is 127 Å². The van der Waals surface area contributed by atoms with Gasteiger partial charge in [0.2, 0.25) is 5.90 Å². The van der Waals surface area contributed by atoms with Crippen molar-refractivity contribution in [3.63, 3.8) is 0 Å². The second-order valence-corrected chi connectivity index (χ2v) is 11.1. The van der Waals surface area contributed by atoms with Crippen molar-refractivity contribution in [2.24, 2.45) is 4.99 Å². The molecule has 0 radical (unpaired) electrons. The molecule has 0 atom stereocenters. The van der Waals surface area contributed by atoms with Gasteiger partial charge in [0.05, 0.1) is 6.54 Å². The Balaban J connectivity index is 1.11. The highest BCUT2D eigenvalue weighted by Crippen LogP contribution is 2.21. The predicted octanol–water partition coefficient (Wildman–Crippen LogP) is 9.20. The minimum absolute atomic E-state index is 0.719. The number of nitrogens with zero attached hydrogens (tertiary/aromatic N) is 2. The molecule has 202 valence electrons. The lowest BCUT2D eigenvalue weighted by molar-refractivity contribution is 0.251. The summed E-state index contributed by atoms with van der Waals surface area (Å²) in [6, 6.07) is 8.69. The fourth-order valence-electron chi connectivity index (χ4n) is 5.56. The minimum Gasteiger partial charge on any atom is -0.476 e. The van der Waals surface area contributed by atoms with E-state index in [9.17, 15) is 0 Å². The number of unbranched alkanes of at least 4 members (excludes halogenated alkanes) is 15. The third-order valence-electron chi connectivity index (χ3n) is 7.94. The van der Waals surface area contributed by atoms with Crippen molar-refractivity contribution in [3.05, 3.63) is 41.0 Å². The summed E-state index contributed by atoms with van der Waals surface area (Å²) in [6.45, 7) is 7.56. The molecule has 0 N–H and O–H groups in total. The van der Waals surface area contributed by atoms with Gasteiger partial charge >= 0.3 is 0 Å². The van der Waals surface area contributed by atoms with Crippen LogP contribution in [0.25, 0.3) is 6.08 Å². The molecular formula is C33H54N2O. The van der Waals surface area contributed by atoms with E-state index < -0.39 is 0 Å². The molecule has 0 aromatic heterocycles. The van der Waals surface area contributed by atoms with Gasteiger partial charge in [-0.3, -0.25) is 0 Å². The Hall–Kier alpha value is -1.61. The SMILES string of the molecule is CCCCCCCCCCCCCCCCCCN1CCC(=Cc2ccc(C3=NCCO3)cc2)CC1. The summed E-state index contributed by atoms with van der Waals surface area (Å²) < 4.78 is 5.56. The van der Waals surface area contributed by atoms with Crippen LogP contribution < -0.4 is 0 Å². The lowest BCUT2D eigenvalue weighted by Gasteiger charge is -2.28. The van der Waals surface area contributed by atoms with E-state index in [-0.39, 0.29) is 0 Å². The molecule has 3 heteroatoms. The van der Waals surface area contributed by atoms with Crippen molar-refractivity contribution < 1.29 is 4.74 Å². The Morgan fingerprint density at radius 1 is 0.722 bits per heavy atom. The van der Waals surface area contributed by atoms with Crippen molar-refractivity contribution >= 4 is 12.0 Å². The zero-order chi connectivity index (χ0) is 25.1. The van der Waals surface area contributed by atoms with Crippen molar-refractivity contribution in [2.75, 3.05) is 32.8 Å². The average Bonchev–Trinajstić information content (AvgIpc) is 3.45. The van der Waals surface area contributed by atoms with Gasteiger partial charge in [0.25, 0.3) is 0 Å². The van der Waals surface area contributed by atoms with Gasteiger partial charge in [0.15, 0.2) is 0 Å². The van der Waals surface area contributed by atoms with E-state index in [1.54, 1.807) is 5.57 Å². The van der Waals surface area contributed by atoms with Crippen LogP contribution in [0.15, 0.2) is 34.8 Å². The van der Waals surface area contributed by atoms with Gasteiger partial charge in [-0.2, -0.15) is 0 Å². The molecule has 0 spiro atoms. The summed E-state index contributed by atoms with van der Waals surface area (Å²) in [5, 5.41) is 0. The Kier molecular flexibility index (Phi) is 15.0. The number of piperidine rings is 1. The van der Waals surface area contributed by atoms with Crippen molar-refractivity contribution in [1.29, 1.82) is 0 Å². The second kappa shape index (κ2) is 18.6. The lowest BCUT2D eigenvalue weighted by Crippen LogP contribution is -2.31. The zero-order valence-electron chi connectivity index (χ0n) is 23.5. The third kappa shape index (κ3) is 12.1. The first-order valence-electron chi connectivity index (χ1n) is 15.5. The van der Waals surface area contributed by atoms with E-state index in [1.165, 1.54) is 141 Å². The Morgan fingerprint density at radius 2 is 1.25 bits per heavy atom. The molecule has 0 amide bonds. The maximum atomic E-state index is 5.56. The average molecular weight is 495 g/mol. The highest BCUT2D eigenvalue weighted by molar-refractivity contribution is 5.95. The summed E-state index contributed by atoms with van der Waals surface area (Å²) in [6.07, 6.45) is 28.0. The maximum absolute atomic E-state index is 5.56. The minimum atomic E-state index is 0.719. The van der Waals surface area contributed by atoms with Crippen LogP contribution in [-0.2, 0) is 4.74 Å². The molecule has 3 rings (SSSR count). The van der Waals surface area contributed by atoms with Crippen LogP contribution in [0.5, 0.6) is 0 Å². The van der Waals surface area contributed by atoms with Crippen LogP contribution in [0.4, 0.5) is 0 Å². The summed E-state index contributed by atoms with van der Waals surface area (Å²) in [4.78, 5) is 7.09. The van der Waals surface area contributed by atoms with E-state index in [0.717, 1.165) is 24.6 Å². The van der Waals surface area contributed by atoms with Crippen LogP contribution >= 0.6 is 0 Å². The van der Waals surface area contributed by atoms with E-state index >= 15 is 0 Å². The van der Waals surface area contributed by atoms with Gasteiger partial charge in [-0.05, 0) is 43.5 Å². The molecule has 2 aliphatic heterocycles. The topological polar surface area (TPSA) is 24.8 Å². The molecule has 36 heavy (non-hydrogen) atoms. The van der Waals surface area contributed by atoms with Gasteiger partial charge in [0, 0.05) is 18.7 Å². The van der Waals surface area contributed by atoms with Crippen molar-refractivity contribution in [2.45, 2.75) is 122 Å². The molecule has 1 aromatic rings. The van der Waals surface area contributed by atoms with Crippen LogP contribution in [-0.4, -0.2) is 43.6 Å². The lowest BCUT2D eigenvalue weighted by atomic mass is 10.00. The van der Waals surface area contributed by atoms with E-state index in [1.807, 2.05) is 0 Å². The van der Waals surface area contributed by atoms with Crippen LogP contribution in [0.1, 0.15) is 134 Å². The first kappa shape index (κ1) is 29.0. The van der Waals surface area contributed by atoms with Gasteiger partial charge in [0.1, 0.15) is 6.61 Å². The molecule has 1 saturated heterocycles. The zero-order valence-corrected chi connectivity index (χ0v) is 23.5. The summed E-state index contributed by atoms with van der Waals surface area (Å²) >= 11 is 0. The smallest absolute Gasteiger partial charge is 0.216 e. The van der Waals surface area contributed by atoms with Crippen molar-refractivity contribution in [3.8, 4) is 0 Å². The summed E-state index contributed by atoms with van der Waals surface area (Å²) in [7, 11) is 0. The molecule has 0 bridgehead atoms. The fraction of sp³-hybridized carbons (Fsp3) is 0.727. The standard InChI is InChI=1S/C33H54N2O/c1-2-3-4-5-6-7-8-9-10-11-12-13-14-15-16-17-25-35-26-22-31(23-27-35)29-30-18-20-32(21-19-30)33-34-24-28-36-33/h18-21,29H,2-17,22-28H2,1H3. The number of rotatable bonds is 19. The molecule has 1 aromatic carbocycles. The van der Waals surface area contributed by atoms with E-state index in [0.29, 0.717) is 0 Å². The molecule has 0 unspecified atom stereocenters. The summed E-state index contributed by atoms with van der Waals surface area (Å²) in [5.74, 6) is 0.802. The van der Waals surface area contributed by atoms with E-state index in [4.69, 9.17) is 4.74 Å². The molecule has 0 aliphatic carbocycles. The fourth-order valence-corrected chi connectivity index (χ4v) is 5.56. The maximum Gasteiger partial charge on any atom is 0.216 e. The van der Waals surface area contributed by atoms with Crippen LogP contribution in [0.3, 0.4) is 0 Å². The monoisotopic (exact) mass is 494 g/mol. The predicted molar refractivity (Wildman–Crippen MR) is 157 cm³/mol. The number of likely N-dealkylation sites (tertiary alicyclic amines) is 1. The molecular weight excluding hydrogens is 440 g/mol. The molecule has 0 saturated carbocycles. The summed E-state index contributed by atoms with van der Waals surface area (Å²) in [5.41, 5.74) is 4.00. The highest BCUT2D eigenvalue weighted by Gasteiger charge is 2.14. The second-order valence-electron chi connectivity index (χ2n) is 11.1. The first-order valence-corrected chi connectivity index (χ1v) is 15.5. The quantitative estimate of drug-likeness (QED) is 0.179. The van der Waals surface area contributed by atoms with Gasteiger partial charge in [-0.15, -0.1) is 0 Å². The number of benzene rings is 1. The number of aliphatic imine (C=N–C) groups is 1. The number of hydrogen-bond acceptors (Lipinski definition) is 3. The third-order valence-corrected chi connectivity index (χ3v) is 7.94. The Labute approximate surface area is 222 Å². The van der Waals surface area contributed by atoms with Gasteiger partial charge < -0.3 is 9.64 Å². The molecule has 3 nitrogen and oxygen atoms in total. The number of hydrogen-bond donors (Lipinski definition) is 0.